The maximum absolute atomic E-state index is 12.6. The van der Waals surface area contributed by atoms with Crippen LogP contribution in [0, 0.1) is 6.92 Å². The number of nitrogens with one attached hydrogen (secondary N) is 2. The van der Waals surface area contributed by atoms with E-state index in [0.717, 1.165) is 50.6 Å². The minimum absolute atomic E-state index is 0.119. The summed E-state index contributed by atoms with van der Waals surface area (Å²) in [6.45, 7) is 3.99. The zero-order valence-electron chi connectivity index (χ0n) is 14.6. The van der Waals surface area contributed by atoms with Crippen LogP contribution in [0.1, 0.15) is 46.2 Å². The van der Waals surface area contributed by atoms with E-state index < -0.39 is 0 Å². The number of aromatic nitrogens is 1. The standard InChI is InChI=1S/C19H19N3O3S/c1-3-25-19(24)15-9(2)21-17-11(15)5-6-12(17)16-13-8-10(26-20)4-7-14(13)22-18(16)23/h4,7-8,21H,3,5-6,20H2,1-2H3,(H,22,23)/b16-12-. The normalized spacial score (nSPS) is 17.9. The number of benzene rings is 1. The summed E-state index contributed by atoms with van der Waals surface area (Å²) in [4.78, 5) is 29.1. The Morgan fingerprint density at radius 2 is 2.15 bits per heavy atom. The maximum atomic E-state index is 12.6. The Bertz CT molecular complexity index is 975. The monoisotopic (exact) mass is 369 g/mol. The predicted octanol–water partition coefficient (Wildman–Crippen LogP) is 3.27. The third-order valence-electron chi connectivity index (χ3n) is 4.87. The van der Waals surface area contributed by atoms with E-state index in [1.807, 2.05) is 25.1 Å². The van der Waals surface area contributed by atoms with Crippen LogP contribution in [0.3, 0.4) is 0 Å². The van der Waals surface area contributed by atoms with Crippen LogP contribution in [0.15, 0.2) is 23.1 Å². The zero-order chi connectivity index (χ0) is 18.4. The molecule has 2 aromatic rings. The second-order valence-electron chi connectivity index (χ2n) is 6.33. The van der Waals surface area contributed by atoms with Gasteiger partial charge in [-0.05, 0) is 68.0 Å². The number of allylic oxidation sites excluding steroid dienone is 1. The van der Waals surface area contributed by atoms with Crippen molar-refractivity contribution in [2.45, 2.75) is 31.6 Å². The zero-order valence-corrected chi connectivity index (χ0v) is 15.4. The lowest BCUT2D eigenvalue weighted by Gasteiger charge is -2.05. The number of esters is 1. The first-order valence-corrected chi connectivity index (χ1v) is 9.37. The molecule has 1 aromatic heterocycles. The molecule has 6 nitrogen and oxygen atoms in total. The van der Waals surface area contributed by atoms with Crippen LogP contribution in [0.2, 0.25) is 0 Å². The number of carbonyl (C=O) groups excluding carboxylic acids is 2. The molecule has 0 spiro atoms. The molecule has 26 heavy (non-hydrogen) atoms. The largest absolute Gasteiger partial charge is 0.462 e. The molecule has 0 radical (unpaired) electrons. The van der Waals surface area contributed by atoms with Gasteiger partial charge >= 0.3 is 5.97 Å². The van der Waals surface area contributed by atoms with E-state index in [1.54, 1.807) is 6.92 Å². The van der Waals surface area contributed by atoms with Gasteiger partial charge in [0.2, 0.25) is 0 Å². The summed E-state index contributed by atoms with van der Waals surface area (Å²) in [7, 11) is 0. The van der Waals surface area contributed by atoms with E-state index in [1.165, 1.54) is 0 Å². The Morgan fingerprint density at radius 1 is 1.35 bits per heavy atom. The number of carbonyl (C=O) groups is 2. The fraction of sp³-hybridized carbons (Fsp3) is 0.263. The molecular formula is C19H19N3O3S. The number of hydrogen-bond acceptors (Lipinski definition) is 5. The van der Waals surface area contributed by atoms with Gasteiger partial charge in [-0.25, -0.2) is 4.79 Å². The highest BCUT2D eigenvalue weighted by Gasteiger charge is 2.34. The van der Waals surface area contributed by atoms with Gasteiger partial charge in [0.1, 0.15) is 0 Å². The molecule has 1 aliphatic heterocycles. The van der Waals surface area contributed by atoms with Crippen LogP contribution in [-0.2, 0) is 16.0 Å². The Morgan fingerprint density at radius 3 is 2.88 bits per heavy atom. The summed E-state index contributed by atoms with van der Waals surface area (Å²) in [6.07, 6.45) is 1.41. The quantitative estimate of drug-likeness (QED) is 0.438. The van der Waals surface area contributed by atoms with Crippen molar-refractivity contribution in [3.63, 3.8) is 0 Å². The third kappa shape index (κ3) is 2.47. The molecule has 7 heteroatoms. The van der Waals surface area contributed by atoms with Gasteiger partial charge in [-0.2, -0.15) is 0 Å². The first kappa shape index (κ1) is 16.9. The summed E-state index contributed by atoms with van der Waals surface area (Å²) in [6, 6.07) is 5.69. The Hall–Kier alpha value is -2.51. The SMILES string of the molecule is CCOC(=O)c1c(C)[nH]c2c1CC/C2=C1/C(=O)Nc2ccc(SN)cc21. The molecule has 2 heterocycles. The molecule has 4 N–H and O–H groups in total. The van der Waals surface area contributed by atoms with Gasteiger partial charge in [0.15, 0.2) is 0 Å². The van der Waals surface area contributed by atoms with Gasteiger partial charge in [0.05, 0.1) is 17.7 Å². The number of aryl methyl sites for hydroxylation is 1. The molecule has 0 saturated carbocycles. The van der Waals surface area contributed by atoms with Crippen LogP contribution in [0.25, 0.3) is 11.1 Å². The number of hydrogen-bond donors (Lipinski definition) is 3. The van der Waals surface area contributed by atoms with Gasteiger partial charge in [0.25, 0.3) is 5.91 Å². The molecule has 0 saturated heterocycles. The Labute approximate surface area is 155 Å². The average Bonchev–Trinajstić information content (AvgIpc) is 3.24. The van der Waals surface area contributed by atoms with E-state index in [0.29, 0.717) is 30.6 Å². The first-order valence-electron chi connectivity index (χ1n) is 8.49. The van der Waals surface area contributed by atoms with E-state index in [-0.39, 0.29) is 11.9 Å². The average molecular weight is 369 g/mol. The van der Waals surface area contributed by atoms with Crippen molar-refractivity contribution < 1.29 is 14.3 Å². The van der Waals surface area contributed by atoms with Crippen molar-refractivity contribution in [2.75, 3.05) is 11.9 Å². The number of nitrogens with two attached hydrogens (primary N) is 1. The molecular weight excluding hydrogens is 350 g/mol. The van der Waals surface area contributed by atoms with Crippen molar-refractivity contribution in [3.8, 4) is 0 Å². The minimum atomic E-state index is -0.313. The van der Waals surface area contributed by atoms with Gasteiger partial charge in [0, 0.05) is 27.5 Å². The molecule has 0 fully saturated rings. The minimum Gasteiger partial charge on any atom is -0.462 e. The van der Waals surface area contributed by atoms with E-state index >= 15 is 0 Å². The van der Waals surface area contributed by atoms with Gasteiger partial charge < -0.3 is 15.0 Å². The van der Waals surface area contributed by atoms with Gasteiger partial charge in [-0.15, -0.1) is 0 Å². The van der Waals surface area contributed by atoms with Gasteiger partial charge in [-0.1, -0.05) is 0 Å². The number of H-pyrrole nitrogens is 1. The Kier molecular flexibility index (Phi) is 4.13. The molecule has 134 valence electrons. The maximum Gasteiger partial charge on any atom is 0.340 e. The van der Waals surface area contributed by atoms with Gasteiger partial charge in [-0.3, -0.25) is 9.93 Å². The number of ether oxygens (including phenoxy) is 1. The molecule has 4 rings (SSSR count). The van der Waals surface area contributed by atoms with Crippen molar-refractivity contribution in [2.24, 2.45) is 5.14 Å². The molecule has 2 aliphatic rings. The molecule has 1 amide bonds. The van der Waals surface area contributed by atoms with Crippen LogP contribution in [0.4, 0.5) is 5.69 Å². The fourth-order valence-electron chi connectivity index (χ4n) is 3.81. The second kappa shape index (κ2) is 6.34. The molecule has 1 aliphatic carbocycles. The third-order valence-corrected chi connectivity index (χ3v) is 5.40. The highest BCUT2D eigenvalue weighted by atomic mass is 32.2. The van der Waals surface area contributed by atoms with Crippen molar-refractivity contribution in [3.05, 3.63) is 46.3 Å². The number of rotatable bonds is 3. The van der Waals surface area contributed by atoms with Crippen LogP contribution in [-0.4, -0.2) is 23.5 Å². The van der Waals surface area contributed by atoms with E-state index in [2.05, 4.69) is 10.3 Å². The summed E-state index contributed by atoms with van der Waals surface area (Å²) in [5.41, 5.74) is 6.43. The molecule has 0 bridgehead atoms. The van der Waals surface area contributed by atoms with E-state index in [4.69, 9.17) is 9.88 Å². The number of aromatic amines is 1. The number of anilines is 1. The smallest absolute Gasteiger partial charge is 0.340 e. The highest BCUT2D eigenvalue weighted by Crippen LogP contribution is 2.44. The fourth-order valence-corrected chi connectivity index (χ4v) is 4.14. The summed E-state index contributed by atoms with van der Waals surface area (Å²) < 4.78 is 5.19. The summed E-state index contributed by atoms with van der Waals surface area (Å²) in [5, 5.41) is 8.60. The van der Waals surface area contributed by atoms with Crippen molar-refractivity contribution >= 4 is 40.7 Å². The lowest BCUT2D eigenvalue weighted by atomic mass is 9.99. The number of amides is 1. The first-order chi connectivity index (χ1) is 12.5. The summed E-state index contributed by atoms with van der Waals surface area (Å²) in [5.74, 6) is -0.432. The van der Waals surface area contributed by atoms with E-state index in [9.17, 15) is 9.59 Å². The highest BCUT2D eigenvalue weighted by molar-refractivity contribution is 7.97. The second-order valence-corrected chi connectivity index (χ2v) is 7.04. The van der Waals surface area contributed by atoms with Crippen molar-refractivity contribution in [1.82, 2.24) is 4.98 Å². The molecule has 0 atom stereocenters. The van der Waals surface area contributed by atoms with Crippen LogP contribution < -0.4 is 10.5 Å². The Balaban J connectivity index is 1.87. The van der Waals surface area contributed by atoms with Crippen LogP contribution >= 0.6 is 11.9 Å². The number of fused-ring (bicyclic) bond motifs is 2. The lowest BCUT2D eigenvalue weighted by Crippen LogP contribution is -2.07. The topological polar surface area (TPSA) is 97.2 Å². The predicted molar refractivity (Wildman–Crippen MR) is 102 cm³/mol. The van der Waals surface area contributed by atoms with Crippen molar-refractivity contribution in [1.29, 1.82) is 0 Å². The van der Waals surface area contributed by atoms with Crippen LogP contribution in [0.5, 0.6) is 0 Å². The lowest BCUT2D eigenvalue weighted by molar-refractivity contribution is -0.110. The summed E-state index contributed by atoms with van der Waals surface area (Å²) >= 11 is 1.15. The molecule has 0 unspecified atom stereocenters. The molecule has 1 aromatic carbocycles.